The van der Waals surface area contributed by atoms with Crippen LogP contribution in [0.2, 0.25) is 0 Å². The van der Waals surface area contributed by atoms with E-state index in [1.165, 1.54) is 18.4 Å². The van der Waals surface area contributed by atoms with E-state index in [2.05, 4.69) is 15.6 Å². The topological polar surface area (TPSA) is 118 Å². The Labute approximate surface area is 160 Å². The third kappa shape index (κ3) is 5.78. The third-order valence-electron chi connectivity index (χ3n) is 3.65. The number of hydrogen-bond acceptors (Lipinski definition) is 6. The first-order valence-electron chi connectivity index (χ1n) is 8.21. The molecule has 3 N–H and O–H groups in total. The van der Waals surface area contributed by atoms with Crippen LogP contribution in [0.25, 0.3) is 0 Å². The fourth-order valence-corrected chi connectivity index (χ4v) is 2.87. The summed E-state index contributed by atoms with van der Waals surface area (Å²) in [5.74, 6) is -1.40. The van der Waals surface area contributed by atoms with Crippen molar-refractivity contribution in [1.82, 2.24) is 10.3 Å². The number of thiazole rings is 1. The van der Waals surface area contributed by atoms with E-state index in [1.54, 1.807) is 43.5 Å². The number of carboxylic acids is 1. The molecule has 2 amide bonds. The van der Waals surface area contributed by atoms with Gasteiger partial charge in [0.05, 0.1) is 19.2 Å². The molecule has 0 aliphatic heterocycles. The summed E-state index contributed by atoms with van der Waals surface area (Å²) in [7, 11) is 1.51. The molecule has 0 saturated heterocycles. The quantitative estimate of drug-likeness (QED) is 0.635. The molecule has 0 aliphatic carbocycles. The van der Waals surface area contributed by atoms with Crippen molar-refractivity contribution in [1.29, 1.82) is 0 Å². The average Bonchev–Trinajstić information content (AvgIpc) is 3.06. The Morgan fingerprint density at radius 3 is 2.44 bits per heavy atom. The molecular weight excluding hydrogens is 370 g/mol. The van der Waals surface area contributed by atoms with Crippen molar-refractivity contribution in [3.63, 3.8) is 0 Å². The van der Waals surface area contributed by atoms with Crippen molar-refractivity contribution in [2.75, 3.05) is 12.4 Å². The van der Waals surface area contributed by atoms with Crippen LogP contribution in [0.1, 0.15) is 31.1 Å². The molecule has 2 rings (SSSR count). The number of amides is 2. The normalized spacial score (nSPS) is 11.7. The lowest BCUT2D eigenvalue weighted by molar-refractivity contribution is -0.142. The van der Waals surface area contributed by atoms with Crippen molar-refractivity contribution in [2.45, 2.75) is 26.3 Å². The zero-order valence-electron chi connectivity index (χ0n) is 15.2. The summed E-state index contributed by atoms with van der Waals surface area (Å²) in [6.07, 6.45) is -0.0893. The van der Waals surface area contributed by atoms with Gasteiger partial charge in [0.15, 0.2) is 11.2 Å². The van der Waals surface area contributed by atoms with Crippen LogP contribution in [0.15, 0.2) is 29.6 Å². The molecule has 2 aromatic rings. The van der Waals surface area contributed by atoms with Gasteiger partial charge in [-0.25, -0.2) is 9.78 Å². The van der Waals surface area contributed by atoms with Gasteiger partial charge in [-0.2, -0.15) is 0 Å². The molecule has 0 spiro atoms. The van der Waals surface area contributed by atoms with E-state index in [0.29, 0.717) is 22.1 Å². The molecule has 9 heteroatoms. The maximum absolute atomic E-state index is 12.2. The van der Waals surface area contributed by atoms with Gasteiger partial charge >= 0.3 is 5.97 Å². The van der Waals surface area contributed by atoms with Crippen LogP contribution < -0.4 is 15.4 Å². The van der Waals surface area contributed by atoms with E-state index < -0.39 is 17.9 Å². The summed E-state index contributed by atoms with van der Waals surface area (Å²) in [5.41, 5.74) is 0.884. The molecule has 1 heterocycles. The van der Waals surface area contributed by atoms with Gasteiger partial charge in [0.2, 0.25) is 11.8 Å². The molecule has 27 heavy (non-hydrogen) atoms. The minimum Gasteiger partial charge on any atom is -0.497 e. The van der Waals surface area contributed by atoms with Gasteiger partial charge < -0.3 is 20.5 Å². The fraction of sp³-hybridized carbons (Fsp3) is 0.333. The molecule has 1 aromatic carbocycles. The van der Waals surface area contributed by atoms with Gasteiger partial charge in [0, 0.05) is 11.3 Å². The van der Waals surface area contributed by atoms with Crippen molar-refractivity contribution >= 4 is 34.3 Å². The number of aliphatic carboxylic acids is 1. The summed E-state index contributed by atoms with van der Waals surface area (Å²) in [5, 5.41) is 16.6. The molecule has 0 saturated carbocycles. The Morgan fingerprint density at radius 1 is 1.22 bits per heavy atom. The van der Waals surface area contributed by atoms with Crippen LogP contribution in [0.3, 0.4) is 0 Å². The molecule has 1 unspecified atom stereocenters. The summed E-state index contributed by atoms with van der Waals surface area (Å²) in [4.78, 5) is 39.6. The molecule has 0 bridgehead atoms. The number of aromatic nitrogens is 1. The van der Waals surface area contributed by atoms with E-state index in [-0.39, 0.29) is 18.2 Å². The zero-order chi connectivity index (χ0) is 20.0. The number of carbonyl (C=O) groups is 3. The van der Waals surface area contributed by atoms with Crippen LogP contribution in [0.4, 0.5) is 5.13 Å². The SMILES string of the molecule is COc1ccc(C(NC(=O)Cc2csc(NC(=O)C(C)C)n2)C(=O)O)cc1. The van der Waals surface area contributed by atoms with Crippen molar-refractivity contribution in [3.8, 4) is 5.75 Å². The number of hydrogen-bond donors (Lipinski definition) is 3. The Kier molecular flexibility index (Phi) is 6.89. The second kappa shape index (κ2) is 9.13. The van der Waals surface area contributed by atoms with Crippen LogP contribution in [-0.2, 0) is 20.8 Å². The van der Waals surface area contributed by atoms with Gasteiger partial charge in [-0.1, -0.05) is 26.0 Å². The van der Waals surface area contributed by atoms with Crippen LogP contribution >= 0.6 is 11.3 Å². The predicted molar refractivity (Wildman–Crippen MR) is 101 cm³/mol. The Balaban J connectivity index is 2.00. The van der Waals surface area contributed by atoms with E-state index in [0.717, 1.165) is 0 Å². The molecule has 0 aliphatic rings. The molecule has 0 radical (unpaired) electrons. The van der Waals surface area contributed by atoms with E-state index in [1.807, 2.05) is 0 Å². The second-order valence-corrected chi connectivity index (χ2v) is 6.93. The number of benzene rings is 1. The number of rotatable bonds is 8. The van der Waals surface area contributed by atoms with Gasteiger partial charge in [0.25, 0.3) is 0 Å². The van der Waals surface area contributed by atoms with Crippen molar-refractivity contribution < 1.29 is 24.2 Å². The first-order chi connectivity index (χ1) is 12.8. The first-order valence-corrected chi connectivity index (χ1v) is 9.09. The monoisotopic (exact) mass is 391 g/mol. The zero-order valence-corrected chi connectivity index (χ0v) is 16.0. The van der Waals surface area contributed by atoms with Crippen LogP contribution in [0.5, 0.6) is 5.75 Å². The fourth-order valence-electron chi connectivity index (χ4n) is 2.16. The number of nitrogens with one attached hydrogen (secondary N) is 2. The number of carboxylic acid groups (broad SMARTS) is 1. The number of nitrogens with zero attached hydrogens (tertiary/aromatic N) is 1. The third-order valence-corrected chi connectivity index (χ3v) is 4.46. The molecule has 0 fully saturated rings. The highest BCUT2D eigenvalue weighted by molar-refractivity contribution is 7.13. The highest BCUT2D eigenvalue weighted by Crippen LogP contribution is 2.19. The molecule has 8 nitrogen and oxygen atoms in total. The van der Waals surface area contributed by atoms with Gasteiger partial charge in [-0.15, -0.1) is 11.3 Å². The van der Waals surface area contributed by atoms with Gasteiger partial charge in [-0.3, -0.25) is 9.59 Å². The lowest BCUT2D eigenvalue weighted by Crippen LogP contribution is -2.34. The maximum Gasteiger partial charge on any atom is 0.330 e. The van der Waals surface area contributed by atoms with Crippen molar-refractivity contribution in [2.24, 2.45) is 5.92 Å². The maximum atomic E-state index is 12.2. The number of ether oxygens (including phenoxy) is 1. The summed E-state index contributed by atoms with van der Waals surface area (Å²) in [6.45, 7) is 3.53. The lowest BCUT2D eigenvalue weighted by atomic mass is 10.1. The minimum atomic E-state index is -1.18. The smallest absolute Gasteiger partial charge is 0.330 e. The predicted octanol–water partition coefficient (Wildman–Crippen LogP) is 2.23. The standard InChI is InChI=1S/C18H21N3O5S/c1-10(2)16(23)21-18-19-12(9-27-18)8-14(22)20-15(17(24)25)11-4-6-13(26-3)7-5-11/h4-7,9-10,15H,8H2,1-3H3,(H,20,22)(H,24,25)(H,19,21,23). The summed E-state index contributed by atoms with van der Waals surface area (Å²) >= 11 is 1.21. The van der Waals surface area contributed by atoms with E-state index >= 15 is 0 Å². The number of methoxy groups -OCH3 is 1. The highest BCUT2D eigenvalue weighted by Gasteiger charge is 2.22. The average molecular weight is 391 g/mol. The van der Waals surface area contributed by atoms with Gasteiger partial charge in [-0.05, 0) is 17.7 Å². The Bertz CT molecular complexity index is 817. The highest BCUT2D eigenvalue weighted by atomic mass is 32.1. The van der Waals surface area contributed by atoms with Crippen LogP contribution in [-0.4, -0.2) is 35.0 Å². The van der Waals surface area contributed by atoms with Gasteiger partial charge in [0.1, 0.15) is 5.75 Å². The Hall–Kier alpha value is -2.94. The first kappa shape index (κ1) is 20.4. The number of anilines is 1. The largest absolute Gasteiger partial charge is 0.497 e. The summed E-state index contributed by atoms with van der Waals surface area (Å²) < 4.78 is 5.04. The molecule has 1 atom stereocenters. The second-order valence-electron chi connectivity index (χ2n) is 6.08. The number of carbonyl (C=O) groups excluding carboxylic acids is 2. The minimum absolute atomic E-state index is 0.0893. The van der Waals surface area contributed by atoms with Crippen LogP contribution in [0, 0.1) is 5.92 Å². The molecule has 1 aromatic heterocycles. The van der Waals surface area contributed by atoms with E-state index in [9.17, 15) is 19.5 Å². The Morgan fingerprint density at radius 2 is 1.89 bits per heavy atom. The summed E-state index contributed by atoms with van der Waals surface area (Å²) in [6, 6.07) is 5.24. The van der Waals surface area contributed by atoms with Crippen molar-refractivity contribution in [3.05, 3.63) is 40.9 Å². The molecule has 144 valence electrons. The lowest BCUT2D eigenvalue weighted by Gasteiger charge is -2.15. The molecular formula is C18H21N3O5S. The van der Waals surface area contributed by atoms with E-state index in [4.69, 9.17) is 4.74 Å².